The fraction of sp³-hybridized carbons (Fsp3) is 0.182. The van der Waals surface area contributed by atoms with E-state index in [4.69, 9.17) is 0 Å². The molecule has 3 aromatic carbocycles. The Kier molecular flexibility index (Phi) is 3.85. The quantitative estimate of drug-likeness (QED) is 0.720. The third-order valence-electron chi connectivity index (χ3n) is 4.97. The largest absolute Gasteiger partial charge is 0.378 e. The average molecular weight is 341 g/mol. The molecule has 4 nitrogen and oxygen atoms in total. The molecule has 1 aliphatic heterocycles. The molecule has 0 aliphatic carbocycles. The highest BCUT2D eigenvalue weighted by Crippen LogP contribution is 2.38. The van der Waals surface area contributed by atoms with E-state index < -0.39 is 6.04 Å². The molecule has 0 aromatic heterocycles. The van der Waals surface area contributed by atoms with Crippen molar-refractivity contribution in [2.24, 2.45) is 0 Å². The number of carbonyl (C=O) groups excluding carboxylic acids is 1. The molecule has 1 unspecified atom stereocenters. The summed E-state index contributed by atoms with van der Waals surface area (Å²) in [5, 5.41) is 11.7. The zero-order valence-electron chi connectivity index (χ0n) is 14.8. The van der Waals surface area contributed by atoms with Gasteiger partial charge in [0.2, 0.25) is 0 Å². The van der Waals surface area contributed by atoms with Crippen molar-refractivity contribution in [3.8, 4) is 6.07 Å². The molecule has 0 bridgehead atoms. The molecule has 3 aromatic rings. The number of nitrogens with zero attached hydrogens (tertiary/aromatic N) is 3. The van der Waals surface area contributed by atoms with E-state index in [0.717, 1.165) is 27.6 Å². The van der Waals surface area contributed by atoms with Crippen LogP contribution in [0, 0.1) is 11.3 Å². The van der Waals surface area contributed by atoms with E-state index >= 15 is 0 Å². The lowest BCUT2D eigenvalue weighted by molar-refractivity contribution is 0.0746. The van der Waals surface area contributed by atoms with E-state index in [1.807, 2.05) is 79.7 Å². The number of hydrogen-bond acceptors (Lipinski definition) is 3. The minimum absolute atomic E-state index is 0.0694. The summed E-state index contributed by atoms with van der Waals surface area (Å²) in [5.41, 5.74) is 3.59. The molecule has 0 spiro atoms. The molecular formula is C22H19N3O. The van der Waals surface area contributed by atoms with Gasteiger partial charge in [-0.3, -0.25) is 4.79 Å². The minimum atomic E-state index is -0.546. The van der Waals surface area contributed by atoms with Gasteiger partial charge >= 0.3 is 0 Å². The second-order valence-electron chi connectivity index (χ2n) is 6.78. The Hall–Kier alpha value is -3.32. The van der Waals surface area contributed by atoms with Gasteiger partial charge in [-0.05, 0) is 28.5 Å². The van der Waals surface area contributed by atoms with Gasteiger partial charge in [0.15, 0.2) is 0 Å². The Labute approximate surface area is 152 Å². The highest BCUT2D eigenvalue weighted by Gasteiger charge is 2.37. The molecule has 4 heteroatoms. The SMILES string of the molecule is CN(C)c1ccc(CN2C(=O)c3c(ccc4ccccc34)C2C#N)cc1. The summed E-state index contributed by atoms with van der Waals surface area (Å²) >= 11 is 0. The number of anilines is 1. The van der Waals surface area contributed by atoms with Gasteiger partial charge in [0.05, 0.1) is 11.6 Å². The molecular weight excluding hydrogens is 322 g/mol. The fourth-order valence-corrected chi connectivity index (χ4v) is 3.58. The molecule has 1 aliphatic rings. The van der Waals surface area contributed by atoms with Crippen molar-refractivity contribution in [1.29, 1.82) is 5.26 Å². The number of amides is 1. The Morgan fingerprint density at radius 2 is 1.77 bits per heavy atom. The van der Waals surface area contributed by atoms with E-state index in [-0.39, 0.29) is 5.91 Å². The normalized spacial score (nSPS) is 15.8. The van der Waals surface area contributed by atoms with Gasteiger partial charge in [-0.15, -0.1) is 0 Å². The first kappa shape index (κ1) is 16.2. The second kappa shape index (κ2) is 6.20. The van der Waals surface area contributed by atoms with Crippen molar-refractivity contribution in [2.45, 2.75) is 12.6 Å². The summed E-state index contributed by atoms with van der Waals surface area (Å²) in [6, 6.07) is 21.6. The van der Waals surface area contributed by atoms with E-state index in [1.54, 1.807) is 4.90 Å². The number of nitriles is 1. The van der Waals surface area contributed by atoms with Crippen LogP contribution in [-0.2, 0) is 6.54 Å². The third kappa shape index (κ3) is 2.49. The highest BCUT2D eigenvalue weighted by molar-refractivity contribution is 6.11. The Morgan fingerprint density at radius 1 is 1.04 bits per heavy atom. The van der Waals surface area contributed by atoms with Crippen molar-refractivity contribution in [3.05, 3.63) is 77.4 Å². The number of rotatable bonds is 3. The summed E-state index contributed by atoms with van der Waals surface area (Å²) in [6.45, 7) is 0.424. The van der Waals surface area contributed by atoms with Crippen LogP contribution in [-0.4, -0.2) is 24.9 Å². The maximum atomic E-state index is 13.1. The Bertz CT molecular complexity index is 1030. The van der Waals surface area contributed by atoms with Gasteiger partial charge < -0.3 is 9.80 Å². The van der Waals surface area contributed by atoms with Crippen molar-refractivity contribution >= 4 is 22.4 Å². The van der Waals surface area contributed by atoms with Crippen molar-refractivity contribution in [1.82, 2.24) is 4.90 Å². The molecule has 0 radical (unpaired) electrons. The van der Waals surface area contributed by atoms with E-state index in [1.165, 1.54) is 0 Å². The standard InChI is InChI=1S/C22H19N3O/c1-24(2)17-10-7-15(8-11-17)14-25-20(13-23)19-12-9-16-5-3-4-6-18(16)21(19)22(25)26/h3-12,20H,14H2,1-2H3. The summed E-state index contributed by atoms with van der Waals surface area (Å²) in [6.07, 6.45) is 0. The highest BCUT2D eigenvalue weighted by atomic mass is 16.2. The second-order valence-corrected chi connectivity index (χ2v) is 6.78. The lowest BCUT2D eigenvalue weighted by atomic mass is 9.98. The van der Waals surface area contributed by atoms with Gasteiger partial charge in [-0.1, -0.05) is 48.5 Å². The predicted octanol–water partition coefficient (Wildman–Crippen LogP) is 4.13. The van der Waals surface area contributed by atoms with Crippen LogP contribution < -0.4 is 4.90 Å². The van der Waals surface area contributed by atoms with E-state index in [0.29, 0.717) is 12.1 Å². The van der Waals surface area contributed by atoms with E-state index in [2.05, 4.69) is 6.07 Å². The molecule has 1 atom stereocenters. The van der Waals surface area contributed by atoms with Crippen LogP contribution in [0.2, 0.25) is 0 Å². The zero-order chi connectivity index (χ0) is 18.3. The molecule has 26 heavy (non-hydrogen) atoms. The van der Waals surface area contributed by atoms with Crippen molar-refractivity contribution in [2.75, 3.05) is 19.0 Å². The first-order valence-corrected chi connectivity index (χ1v) is 8.58. The molecule has 0 N–H and O–H groups in total. The number of benzene rings is 3. The van der Waals surface area contributed by atoms with Gasteiger partial charge in [0, 0.05) is 31.9 Å². The molecule has 0 saturated heterocycles. The van der Waals surface area contributed by atoms with Crippen molar-refractivity contribution in [3.63, 3.8) is 0 Å². The summed E-state index contributed by atoms with van der Waals surface area (Å²) in [5.74, 6) is -0.0694. The molecule has 1 heterocycles. The minimum Gasteiger partial charge on any atom is -0.378 e. The van der Waals surface area contributed by atoms with Gasteiger partial charge in [-0.25, -0.2) is 0 Å². The van der Waals surface area contributed by atoms with Crippen LogP contribution in [0.15, 0.2) is 60.7 Å². The van der Waals surface area contributed by atoms with Crippen LogP contribution in [0.1, 0.15) is 27.5 Å². The predicted molar refractivity (Wildman–Crippen MR) is 103 cm³/mol. The van der Waals surface area contributed by atoms with Crippen LogP contribution in [0.25, 0.3) is 10.8 Å². The van der Waals surface area contributed by atoms with Gasteiger partial charge in [0.25, 0.3) is 5.91 Å². The number of carbonyl (C=O) groups is 1. The fourth-order valence-electron chi connectivity index (χ4n) is 3.58. The maximum absolute atomic E-state index is 13.1. The average Bonchev–Trinajstić information content (AvgIpc) is 2.94. The summed E-state index contributed by atoms with van der Waals surface area (Å²) < 4.78 is 0. The van der Waals surface area contributed by atoms with Crippen LogP contribution in [0.5, 0.6) is 0 Å². The van der Waals surface area contributed by atoms with Crippen LogP contribution in [0.3, 0.4) is 0 Å². The molecule has 0 fully saturated rings. The van der Waals surface area contributed by atoms with Crippen molar-refractivity contribution < 1.29 is 4.79 Å². The smallest absolute Gasteiger partial charge is 0.256 e. The molecule has 128 valence electrons. The van der Waals surface area contributed by atoms with Gasteiger partial charge in [-0.2, -0.15) is 5.26 Å². The molecule has 0 saturated carbocycles. The van der Waals surface area contributed by atoms with Crippen LogP contribution >= 0.6 is 0 Å². The summed E-state index contributed by atoms with van der Waals surface area (Å²) in [7, 11) is 3.99. The lowest BCUT2D eigenvalue weighted by Gasteiger charge is -2.21. The summed E-state index contributed by atoms with van der Waals surface area (Å²) in [4.78, 5) is 16.8. The van der Waals surface area contributed by atoms with Gasteiger partial charge in [0.1, 0.15) is 6.04 Å². The molecule has 4 rings (SSSR count). The number of fused-ring (bicyclic) bond motifs is 3. The lowest BCUT2D eigenvalue weighted by Crippen LogP contribution is -2.26. The third-order valence-corrected chi connectivity index (χ3v) is 4.97. The first-order chi connectivity index (χ1) is 12.6. The topological polar surface area (TPSA) is 47.3 Å². The van der Waals surface area contributed by atoms with E-state index in [9.17, 15) is 10.1 Å². The number of hydrogen-bond donors (Lipinski definition) is 0. The molecule has 1 amide bonds. The zero-order valence-corrected chi connectivity index (χ0v) is 14.8. The monoisotopic (exact) mass is 341 g/mol. The Balaban J connectivity index is 1.72. The Morgan fingerprint density at radius 3 is 2.46 bits per heavy atom. The maximum Gasteiger partial charge on any atom is 0.256 e. The van der Waals surface area contributed by atoms with Crippen LogP contribution in [0.4, 0.5) is 5.69 Å². The first-order valence-electron chi connectivity index (χ1n) is 8.58.